The van der Waals surface area contributed by atoms with Crippen LogP contribution in [0.25, 0.3) is 0 Å². The molecule has 2 aromatic carbocycles. The molecule has 1 N–H and O–H groups in total. The quantitative estimate of drug-likeness (QED) is 0.835. The molecule has 1 fully saturated rings. The Morgan fingerprint density at radius 3 is 2.22 bits per heavy atom. The molecule has 6 nitrogen and oxygen atoms in total. The fourth-order valence-electron chi connectivity index (χ4n) is 3.31. The SMILES string of the molecule is COc1cccc(OC)c1CN1CCC(OC(=O)Nc2ccccc2)CC1. The van der Waals surface area contributed by atoms with Gasteiger partial charge < -0.3 is 14.2 Å². The Morgan fingerprint density at radius 1 is 1.00 bits per heavy atom. The Kier molecular flexibility index (Phi) is 6.54. The van der Waals surface area contributed by atoms with Crippen molar-refractivity contribution in [3.05, 3.63) is 54.1 Å². The molecule has 0 aliphatic carbocycles. The van der Waals surface area contributed by atoms with E-state index in [4.69, 9.17) is 14.2 Å². The van der Waals surface area contributed by atoms with E-state index >= 15 is 0 Å². The number of amides is 1. The molecule has 1 saturated heterocycles. The number of rotatable bonds is 6. The lowest BCUT2D eigenvalue weighted by molar-refractivity contribution is 0.0563. The zero-order chi connectivity index (χ0) is 19.1. The summed E-state index contributed by atoms with van der Waals surface area (Å²) in [6, 6.07) is 15.1. The normalized spacial score (nSPS) is 15.2. The van der Waals surface area contributed by atoms with E-state index in [9.17, 15) is 4.79 Å². The Balaban J connectivity index is 1.50. The number of anilines is 1. The molecule has 6 heteroatoms. The van der Waals surface area contributed by atoms with Crippen molar-refractivity contribution in [2.45, 2.75) is 25.5 Å². The third-order valence-corrected chi connectivity index (χ3v) is 4.74. The number of nitrogens with zero attached hydrogens (tertiary/aromatic N) is 1. The van der Waals surface area contributed by atoms with Crippen LogP contribution < -0.4 is 14.8 Å². The molecular weight excluding hydrogens is 344 g/mol. The molecule has 0 atom stereocenters. The highest BCUT2D eigenvalue weighted by Gasteiger charge is 2.24. The van der Waals surface area contributed by atoms with Crippen LogP contribution in [-0.4, -0.2) is 44.4 Å². The van der Waals surface area contributed by atoms with Crippen LogP contribution in [0.3, 0.4) is 0 Å². The molecule has 1 heterocycles. The average molecular weight is 370 g/mol. The Labute approximate surface area is 160 Å². The summed E-state index contributed by atoms with van der Waals surface area (Å²) in [5, 5.41) is 2.76. The van der Waals surface area contributed by atoms with Gasteiger partial charge in [-0.2, -0.15) is 0 Å². The van der Waals surface area contributed by atoms with Gasteiger partial charge in [0.15, 0.2) is 0 Å². The third-order valence-electron chi connectivity index (χ3n) is 4.74. The number of methoxy groups -OCH3 is 2. The molecule has 144 valence electrons. The molecule has 0 saturated carbocycles. The third kappa shape index (κ3) is 5.14. The number of carbonyl (C=O) groups excluding carboxylic acids is 1. The second-order valence-electron chi connectivity index (χ2n) is 6.51. The molecule has 0 spiro atoms. The van der Waals surface area contributed by atoms with Crippen LogP contribution in [0.4, 0.5) is 10.5 Å². The van der Waals surface area contributed by atoms with Crippen LogP contribution in [0.5, 0.6) is 11.5 Å². The summed E-state index contributed by atoms with van der Waals surface area (Å²) in [5.74, 6) is 1.66. The van der Waals surface area contributed by atoms with Gasteiger partial charge in [0.1, 0.15) is 17.6 Å². The van der Waals surface area contributed by atoms with E-state index in [-0.39, 0.29) is 6.10 Å². The lowest BCUT2D eigenvalue weighted by Gasteiger charge is -2.32. The monoisotopic (exact) mass is 370 g/mol. The Hall–Kier alpha value is -2.73. The van der Waals surface area contributed by atoms with Crippen molar-refractivity contribution < 1.29 is 19.0 Å². The van der Waals surface area contributed by atoms with Crippen LogP contribution in [-0.2, 0) is 11.3 Å². The van der Waals surface area contributed by atoms with Crippen molar-refractivity contribution in [3.8, 4) is 11.5 Å². The van der Waals surface area contributed by atoms with Crippen molar-refractivity contribution in [2.24, 2.45) is 0 Å². The van der Waals surface area contributed by atoms with Crippen LogP contribution in [0.1, 0.15) is 18.4 Å². The highest BCUT2D eigenvalue weighted by Crippen LogP contribution is 2.30. The van der Waals surface area contributed by atoms with Gasteiger partial charge in [-0.05, 0) is 37.1 Å². The number of likely N-dealkylation sites (tertiary alicyclic amines) is 1. The highest BCUT2D eigenvalue weighted by atomic mass is 16.6. The molecule has 0 radical (unpaired) electrons. The summed E-state index contributed by atoms with van der Waals surface area (Å²) >= 11 is 0. The minimum Gasteiger partial charge on any atom is -0.496 e. The molecule has 1 aliphatic rings. The van der Waals surface area contributed by atoms with Gasteiger partial charge >= 0.3 is 6.09 Å². The van der Waals surface area contributed by atoms with Gasteiger partial charge in [-0.3, -0.25) is 10.2 Å². The second-order valence-corrected chi connectivity index (χ2v) is 6.51. The fourth-order valence-corrected chi connectivity index (χ4v) is 3.31. The van der Waals surface area contributed by atoms with Crippen LogP contribution in [0.15, 0.2) is 48.5 Å². The Morgan fingerprint density at radius 2 is 1.63 bits per heavy atom. The zero-order valence-corrected chi connectivity index (χ0v) is 15.8. The smallest absolute Gasteiger partial charge is 0.411 e. The number of para-hydroxylation sites is 1. The molecule has 1 aliphatic heterocycles. The molecule has 0 aromatic heterocycles. The van der Waals surface area contributed by atoms with E-state index in [2.05, 4.69) is 10.2 Å². The maximum absolute atomic E-state index is 12.0. The number of piperidine rings is 1. The molecule has 27 heavy (non-hydrogen) atoms. The molecule has 0 unspecified atom stereocenters. The molecule has 3 rings (SSSR count). The predicted octanol–water partition coefficient (Wildman–Crippen LogP) is 3.92. The number of hydrogen-bond donors (Lipinski definition) is 1. The first kappa shape index (κ1) is 19.0. The number of carbonyl (C=O) groups is 1. The lowest BCUT2D eigenvalue weighted by atomic mass is 10.1. The molecule has 0 bridgehead atoms. The van der Waals surface area contributed by atoms with Crippen molar-refractivity contribution in [1.29, 1.82) is 0 Å². The maximum atomic E-state index is 12.0. The zero-order valence-electron chi connectivity index (χ0n) is 15.8. The largest absolute Gasteiger partial charge is 0.496 e. The van der Waals surface area contributed by atoms with E-state index in [1.54, 1.807) is 14.2 Å². The fraction of sp³-hybridized carbons (Fsp3) is 0.381. The van der Waals surface area contributed by atoms with E-state index in [1.165, 1.54) is 0 Å². The van der Waals surface area contributed by atoms with E-state index in [1.807, 2.05) is 48.5 Å². The van der Waals surface area contributed by atoms with Gasteiger partial charge in [0.05, 0.1) is 19.8 Å². The summed E-state index contributed by atoms with van der Waals surface area (Å²) in [6.45, 7) is 2.45. The summed E-state index contributed by atoms with van der Waals surface area (Å²) in [7, 11) is 3.34. The van der Waals surface area contributed by atoms with Gasteiger partial charge in [-0.15, -0.1) is 0 Å². The van der Waals surface area contributed by atoms with Crippen LogP contribution >= 0.6 is 0 Å². The van der Waals surface area contributed by atoms with Gasteiger partial charge in [-0.1, -0.05) is 24.3 Å². The number of benzene rings is 2. The summed E-state index contributed by atoms with van der Waals surface area (Å²) < 4.78 is 16.5. The highest BCUT2D eigenvalue weighted by molar-refractivity contribution is 5.84. The second kappa shape index (κ2) is 9.28. The Bertz CT molecular complexity index is 721. The van der Waals surface area contributed by atoms with Crippen molar-refractivity contribution >= 4 is 11.8 Å². The van der Waals surface area contributed by atoms with Gasteiger partial charge in [0.2, 0.25) is 0 Å². The van der Waals surface area contributed by atoms with Gasteiger partial charge in [0.25, 0.3) is 0 Å². The summed E-state index contributed by atoms with van der Waals surface area (Å²) in [5.41, 5.74) is 1.78. The van der Waals surface area contributed by atoms with Crippen LogP contribution in [0.2, 0.25) is 0 Å². The van der Waals surface area contributed by atoms with E-state index in [0.717, 1.165) is 55.2 Å². The summed E-state index contributed by atoms with van der Waals surface area (Å²) in [4.78, 5) is 14.4. The lowest BCUT2D eigenvalue weighted by Crippen LogP contribution is -2.38. The van der Waals surface area contributed by atoms with Crippen LogP contribution in [0, 0.1) is 0 Å². The number of hydrogen-bond acceptors (Lipinski definition) is 5. The molecule has 2 aromatic rings. The molecule has 1 amide bonds. The minimum absolute atomic E-state index is 0.0653. The predicted molar refractivity (Wildman–Crippen MR) is 104 cm³/mol. The van der Waals surface area contributed by atoms with Gasteiger partial charge in [0, 0.05) is 25.3 Å². The van der Waals surface area contributed by atoms with Crippen molar-refractivity contribution in [3.63, 3.8) is 0 Å². The summed E-state index contributed by atoms with van der Waals surface area (Å²) in [6.07, 6.45) is 1.15. The van der Waals surface area contributed by atoms with Gasteiger partial charge in [-0.25, -0.2) is 4.79 Å². The molecular formula is C21H26N2O4. The first-order valence-corrected chi connectivity index (χ1v) is 9.14. The minimum atomic E-state index is -0.397. The maximum Gasteiger partial charge on any atom is 0.411 e. The first-order valence-electron chi connectivity index (χ1n) is 9.14. The standard InChI is InChI=1S/C21H26N2O4/c1-25-19-9-6-10-20(26-2)18(19)15-23-13-11-17(12-14-23)27-21(24)22-16-7-4-3-5-8-16/h3-10,17H,11-15H2,1-2H3,(H,22,24). The first-order chi connectivity index (χ1) is 13.2. The number of ether oxygens (including phenoxy) is 3. The topological polar surface area (TPSA) is 60.0 Å². The van der Waals surface area contributed by atoms with Crippen molar-refractivity contribution in [2.75, 3.05) is 32.6 Å². The van der Waals surface area contributed by atoms with E-state index < -0.39 is 6.09 Å². The average Bonchev–Trinajstić information content (AvgIpc) is 2.70. The van der Waals surface area contributed by atoms with E-state index in [0.29, 0.717) is 0 Å². The number of nitrogens with one attached hydrogen (secondary N) is 1. The van der Waals surface area contributed by atoms with Crippen molar-refractivity contribution in [1.82, 2.24) is 4.90 Å².